The molecule has 102 valence electrons. The molecule has 0 aromatic rings. The van der Waals surface area contributed by atoms with Crippen LogP contribution in [0.25, 0.3) is 0 Å². The molecule has 4 N–H and O–H groups in total. The number of carbonyl (C=O) groups is 1. The van der Waals surface area contributed by atoms with Gasteiger partial charge >= 0.3 is 5.97 Å². The Kier molecular flexibility index (Phi) is 4.54. The third kappa shape index (κ3) is 3.00. The number of carboxylic acids is 1. The van der Waals surface area contributed by atoms with Gasteiger partial charge in [0.15, 0.2) is 0 Å². The topological polar surface area (TPSA) is 85.8 Å². The molecule has 6 nitrogen and oxygen atoms in total. The minimum atomic E-state index is -0.950. The van der Waals surface area contributed by atoms with Crippen LogP contribution in [0.5, 0.6) is 0 Å². The number of aliphatic carboxylic acids is 1. The molecule has 0 radical (unpaired) electrons. The van der Waals surface area contributed by atoms with Gasteiger partial charge in [-0.05, 0) is 31.1 Å². The van der Waals surface area contributed by atoms with Crippen molar-refractivity contribution in [2.45, 2.75) is 45.2 Å². The fourth-order valence-electron chi connectivity index (χ4n) is 2.89. The molecular weight excluding hydrogens is 232 g/mol. The SMILES string of the molecule is CC/C(=N\NC1NNCC2CCCCC21)C(=O)O. The first kappa shape index (κ1) is 13.3. The number of nitrogens with one attached hydrogen (secondary N) is 3. The summed E-state index contributed by atoms with van der Waals surface area (Å²) in [4.78, 5) is 10.9. The predicted molar refractivity (Wildman–Crippen MR) is 68.9 cm³/mol. The second-order valence-corrected chi connectivity index (χ2v) is 5.06. The molecule has 6 heteroatoms. The molecule has 0 amide bonds. The van der Waals surface area contributed by atoms with Crippen LogP contribution >= 0.6 is 0 Å². The minimum Gasteiger partial charge on any atom is -0.477 e. The summed E-state index contributed by atoms with van der Waals surface area (Å²) in [7, 11) is 0. The van der Waals surface area contributed by atoms with Crippen molar-refractivity contribution in [3.63, 3.8) is 0 Å². The first-order chi connectivity index (χ1) is 8.72. The van der Waals surface area contributed by atoms with E-state index >= 15 is 0 Å². The van der Waals surface area contributed by atoms with Crippen LogP contribution in [0.15, 0.2) is 5.10 Å². The van der Waals surface area contributed by atoms with Gasteiger partial charge in [-0.1, -0.05) is 19.8 Å². The van der Waals surface area contributed by atoms with Gasteiger partial charge < -0.3 is 5.11 Å². The van der Waals surface area contributed by atoms with E-state index in [1.54, 1.807) is 6.92 Å². The summed E-state index contributed by atoms with van der Waals surface area (Å²) >= 11 is 0. The van der Waals surface area contributed by atoms with Gasteiger partial charge in [-0.3, -0.25) is 10.9 Å². The zero-order valence-corrected chi connectivity index (χ0v) is 10.8. The zero-order valence-electron chi connectivity index (χ0n) is 10.8. The van der Waals surface area contributed by atoms with Crippen LogP contribution in [0, 0.1) is 11.8 Å². The molecular formula is C12H22N4O2. The maximum absolute atomic E-state index is 10.9. The van der Waals surface area contributed by atoms with Crippen LogP contribution in [0.2, 0.25) is 0 Å². The van der Waals surface area contributed by atoms with Crippen molar-refractivity contribution in [2.24, 2.45) is 16.9 Å². The molecule has 3 atom stereocenters. The first-order valence-corrected chi connectivity index (χ1v) is 6.76. The lowest BCUT2D eigenvalue weighted by molar-refractivity contribution is -0.129. The predicted octanol–water partition coefficient (Wildman–Crippen LogP) is 0.667. The molecule has 2 fully saturated rings. The highest BCUT2D eigenvalue weighted by Gasteiger charge is 2.34. The fraction of sp³-hybridized carbons (Fsp3) is 0.833. The van der Waals surface area contributed by atoms with E-state index in [0.29, 0.717) is 18.3 Å². The lowest BCUT2D eigenvalue weighted by atomic mass is 9.77. The Morgan fingerprint density at radius 1 is 1.44 bits per heavy atom. The smallest absolute Gasteiger partial charge is 0.352 e. The van der Waals surface area contributed by atoms with Gasteiger partial charge in [0.2, 0.25) is 0 Å². The van der Waals surface area contributed by atoms with E-state index in [1.807, 2.05) is 0 Å². The Hall–Kier alpha value is -1.14. The molecule has 0 aromatic carbocycles. The molecule has 1 saturated carbocycles. The summed E-state index contributed by atoms with van der Waals surface area (Å²) in [6.07, 6.45) is 5.45. The van der Waals surface area contributed by atoms with Crippen LogP contribution < -0.4 is 16.3 Å². The van der Waals surface area contributed by atoms with Crippen molar-refractivity contribution >= 4 is 11.7 Å². The van der Waals surface area contributed by atoms with Crippen molar-refractivity contribution in [2.75, 3.05) is 6.54 Å². The van der Waals surface area contributed by atoms with E-state index < -0.39 is 5.97 Å². The van der Waals surface area contributed by atoms with Gasteiger partial charge in [-0.2, -0.15) is 5.10 Å². The standard InChI is InChI=1S/C12H22N4O2/c1-2-10(12(17)18)14-16-11-9-6-4-3-5-8(9)7-13-15-11/h8-9,11,13,15-16H,2-7H2,1H3,(H,17,18)/b14-10+. The number of fused-ring (bicyclic) bond motifs is 1. The second kappa shape index (κ2) is 6.15. The molecule has 1 aliphatic heterocycles. The van der Waals surface area contributed by atoms with Crippen molar-refractivity contribution in [3.8, 4) is 0 Å². The van der Waals surface area contributed by atoms with E-state index in [0.717, 1.165) is 6.54 Å². The monoisotopic (exact) mass is 254 g/mol. The Labute approximate surface area is 107 Å². The van der Waals surface area contributed by atoms with Gasteiger partial charge in [0.05, 0.1) is 0 Å². The van der Waals surface area contributed by atoms with Gasteiger partial charge in [0, 0.05) is 6.54 Å². The molecule has 2 aliphatic rings. The molecule has 3 unspecified atom stereocenters. The number of carboxylic acid groups (broad SMARTS) is 1. The quantitative estimate of drug-likeness (QED) is 0.437. The van der Waals surface area contributed by atoms with Gasteiger partial charge in [0.25, 0.3) is 0 Å². The number of hydrogen-bond acceptors (Lipinski definition) is 5. The number of hydrazine groups is 1. The third-order valence-corrected chi connectivity index (χ3v) is 3.94. The highest BCUT2D eigenvalue weighted by atomic mass is 16.4. The zero-order chi connectivity index (χ0) is 13.0. The van der Waals surface area contributed by atoms with Crippen LogP contribution in [0.3, 0.4) is 0 Å². The summed E-state index contributed by atoms with van der Waals surface area (Å²) < 4.78 is 0. The van der Waals surface area contributed by atoms with Crippen LogP contribution in [0.1, 0.15) is 39.0 Å². The molecule has 1 heterocycles. The van der Waals surface area contributed by atoms with E-state index in [-0.39, 0.29) is 11.9 Å². The normalized spacial score (nSPS) is 32.7. The van der Waals surface area contributed by atoms with Gasteiger partial charge in [0.1, 0.15) is 11.9 Å². The largest absolute Gasteiger partial charge is 0.477 e. The number of hydrazone groups is 1. The average Bonchev–Trinajstić information content (AvgIpc) is 2.39. The number of rotatable bonds is 4. The minimum absolute atomic E-state index is 0.0324. The van der Waals surface area contributed by atoms with E-state index in [1.165, 1.54) is 25.7 Å². The lowest BCUT2D eigenvalue weighted by Crippen LogP contribution is -2.61. The molecule has 0 aromatic heterocycles. The molecule has 2 rings (SSSR count). The number of nitrogens with zero attached hydrogens (tertiary/aromatic N) is 1. The first-order valence-electron chi connectivity index (χ1n) is 6.76. The van der Waals surface area contributed by atoms with E-state index in [9.17, 15) is 4.79 Å². The van der Waals surface area contributed by atoms with Crippen LogP contribution in [0.4, 0.5) is 0 Å². The summed E-state index contributed by atoms with van der Waals surface area (Å²) in [5, 5.41) is 12.9. The van der Waals surface area contributed by atoms with E-state index in [2.05, 4.69) is 21.4 Å². The van der Waals surface area contributed by atoms with Crippen molar-refractivity contribution in [1.29, 1.82) is 0 Å². The maximum Gasteiger partial charge on any atom is 0.352 e. The van der Waals surface area contributed by atoms with Gasteiger partial charge in [-0.25, -0.2) is 10.2 Å². The summed E-state index contributed by atoms with van der Waals surface area (Å²) in [5.74, 6) is 0.257. The second-order valence-electron chi connectivity index (χ2n) is 5.06. The summed E-state index contributed by atoms with van der Waals surface area (Å²) in [6.45, 7) is 2.79. The lowest BCUT2D eigenvalue weighted by Gasteiger charge is -2.41. The molecule has 1 saturated heterocycles. The van der Waals surface area contributed by atoms with Crippen molar-refractivity contribution in [1.82, 2.24) is 16.3 Å². The van der Waals surface area contributed by atoms with Crippen molar-refractivity contribution < 1.29 is 9.90 Å². The molecule has 1 aliphatic carbocycles. The third-order valence-electron chi connectivity index (χ3n) is 3.94. The fourth-order valence-corrected chi connectivity index (χ4v) is 2.89. The van der Waals surface area contributed by atoms with E-state index in [4.69, 9.17) is 5.11 Å². The molecule has 18 heavy (non-hydrogen) atoms. The van der Waals surface area contributed by atoms with Gasteiger partial charge in [-0.15, -0.1) is 0 Å². The summed E-state index contributed by atoms with van der Waals surface area (Å²) in [5.41, 5.74) is 9.51. The Morgan fingerprint density at radius 3 is 2.94 bits per heavy atom. The van der Waals surface area contributed by atoms with Crippen LogP contribution in [-0.2, 0) is 4.79 Å². The van der Waals surface area contributed by atoms with Crippen LogP contribution in [-0.4, -0.2) is 29.5 Å². The number of hydrogen-bond donors (Lipinski definition) is 4. The highest BCUT2D eigenvalue weighted by molar-refractivity contribution is 6.35. The highest BCUT2D eigenvalue weighted by Crippen LogP contribution is 2.32. The Balaban J connectivity index is 1.97. The summed E-state index contributed by atoms with van der Waals surface area (Å²) in [6, 6.07) is 0. The molecule has 0 bridgehead atoms. The van der Waals surface area contributed by atoms with Crippen molar-refractivity contribution in [3.05, 3.63) is 0 Å². The average molecular weight is 254 g/mol. The Bertz CT molecular complexity index is 330. The Morgan fingerprint density at radius 2 is 2.22 bits per heavy atom. The molecule has 0 spiro atoms. The maximum atomic E-state index is 10.9.